The summed E-state index contributed by atoms with van der Waals surface area (Å²) in [6.07, 6.45) is 0. The molecule has 0 aliphatic rings. The fourth-order valence-electron chi connectivity index (χ4n) is 1.23. The van der Waals surface area contributed by atoms with Crippen LogP contribution in [0.5, 0.6) is 0 Å². The second-order valence-electron chi connectivity index (χ2n) is 3.25. The molecule has 2 heterocycles. The van der Waals surface area contributed by atoms with Crippen LogP contribution in [-0.4, -0.2) is 20.6 Å². The van der Waals surface area contributed by atoms with Gasteiger partial charge in [-0.1, -0.05) is 5.21 Å². The minimum atomic E-state index is -0.0330. The highest BCUT2D eigenvalue weighted by molar-refractivity contribution is 5.19. The molecule has 0 saturated heterocycles. The summed E-state index contributed by atoms with van der Waals surface area (Å²) in [5.74, 6) is 1.60. The Kier molecular flexibility index (Phi) is 2.93. The van der Waals surface area contributed by atoms with E-state index in [0.717, 1.165) is 0 Å². The van der Waals surface area contributed by atoms with Gasteiger partial charge in [0.1, 0.15) is 11.8 Å². The molecule has 0 aliphatic heterocycles. The van der Waals surface area contributed by atoms with E-state index in [9.17, 15) is 0 Å². The van der Waals surface area contributed by atoms with Gasteiger partial charge in [-0.3, -0.25) is 0 Å². The maximum Gasteiger partial charge on any atom is 0.203 e. The second-order valence-corrected chi connectivity index (χ2v) is 3.25. The molecule has 7 nitrogen and oxygen atoms in total. The topological polar surface area (TPSA) is 103 Å². The second kappa shape index (κ2) is 4.55. The van der Waals surface area contributed by atoms with E-state index in [1.165, 1.54) is 0 Å². The van der Waals surface area contributed by atoms with E-state index in [1.807, 2.05) is 13.0 Å². The minimum Gasteiger partial charge on any atom is -0.449 e. The maximum atomic E-state index is 8.58. The van der Waals surface area contributed by atoms with Crippen molar-refractivity contribution >= 4 is 0 Å². The highest BCUT2D eigenvalue weighted by Crippen LogP contribution is 2.09. The lowest BCUT2D eigenvalue weighted by atomic mass is 10.3. The Labute approximate surface area is 91.5 Å². The summed E-state index contributed by atoms with van der Waals surface area (Å²) >= 11 is 0. The van der Waals surface area contributed by atoms with Crippen molar-refractivity contribution in [2.45, 2.75) is 19.5 Å². The molecule has 0 saturated carbocycles. The summed E-state index contributed by atoms with van der Waals surface area (Å²) < 4.78 is 5.21. The molecule has 0 aliphatic carbocycles. The predicted octanol–water partition coefficient (Wildman–Crippen LogP) is 0.515. The van der Waals surface area contributed by atoms with E-state index in [-0.39, 0.29) is 6.04 Å². The van der Waals surface area contributed by atoms with Crippen LogP contribution in [0.15, 0.2) is 16.5 Å². The number of hydrogen-bond donors (Lipinski definition) is 2. The number of rotatable bonds is 4. The summed E-state index contributed by atoms with van der Waals surface area (Å²) in [4.78, 5) is 0. The smallest absolute Gasteiger partial charge is 0.203 e. The third-order valence-corrected chi connectivity index (χ3v) is 2.10. The number of nitrogens with one attached hydrogen (secondary N) is 2. The van der Waals surface area contributed by atoms with Crippen LogP contribution < -0.4 is 5.32 Å². The molecule has 2 rings (SSSR count). The lowest BCUT2D eigenvalue weighted by Gasteiger charge is -2.07. The number of aromatic nitrogens is 4. The van der Waals surface area contributed by atoms with Crippen LogP contribution >= 0.6 is 0 Å². The molecule has 2 N–H and O–H groups in total. The van der Waals surface area contributed by atoms with Gasteiger partial charge in [-0.2, -0.15) is 10.5 Å². The van der Waals surface area contributed by atoms with Crippen LogP contribution in [0.2, 0.25) is 0 Å². The monoisotopic (exact) mass is 218 g/mol. The molecule has 0 bridgehead atoms. The SMILES string of the molecule is CC(NCc1ccc(C#N)o1)c1nn[nH]n1. The molecule has 1 atom stereocenters. The van der Waals surface area contributed by atoms with Gasteiger partial charge in [-0.15, -0.1) is 10.2 Å². The first kappa shape index (κ1) is 10.3. The van der Waals surface area contributed by atoms with Crippen LogP contribution in [0.3, 0.4) is 0 Å². The van der Waals surface area contributed by atoms with Crippen LogP contribution in [0, 0.1) is 11.3 Å². The molecule has 16 heavy (non-hydrogen) atoms. The van der Waals surface area contributed by atoms with Crippen molar-refractivity contribution in [3.05, 3.63) is 29.5 Å². The fourth-order valence-corrected chi connectivity index (χ4v) is 1.23. The van der Waals surface area contributed by atoms with Crippen LogP contribution in [-0.2, 0) is 6.54 Å². The zero-order valence-corrected chi connectivity index (χ0v) is 8.64. The lowest BCUT2D eigenvalue weighted by molar-refractivity contribution is 0.447. The van der Waals surface area contributed by atoms with Gasteiger partial charge in [-0.25, -0.2) is 0 Å². The number of aromatic amines is 1. The standard InChI is InChI=1S/C9H10N6O/c1-6(9-12-14-15-13-9)11-5-8-3-2-7(4-10)16-8/h2-3,6,11H,5H2,1H3,(H,12,13,14,15). The van der Waals surface area contributed by atoms with Crippen LogP contribution in [0.1, 0.15) is 30.3 Å². The molecule has 0 amide bonds. The molecule has 2 aromatic heterocycles. The average Bonchev–Trinajstić information content (AvgIpc) is 2.96. The van der Waals surface area contributed by atoms with Crippen LogP contribution in [0.4, 0.5) is 0 Å². The molecule has 0 aromatic carbocycles. The van der Waals surface area contributed by atoms with Gasteiger partial charge < -0.3 is 9.73 Å². The summed E-state index contributed by atoms with van der Waals surface area (Å²) in [6.45, 7) is 2.43. The summed E-state index contributed by atoms with van der Waals surface area (Å²) in [6, 6.07) is 5.29. The fraction of sp³-hybridized carbons (Fsp3) is 0.333. The van der Waals surface area contributed by atoms with Gasteiger partial charge in [0.05, 0.1) is 12.6 Å². The van der Waals surface area contributed by atoms with Crippen molar-refractivity contribution in [3.8, 4) is 6.07 Å². The van der Waals surface area contributed by atoms with Crippen LogP contribution in [0.25, 0.3) is 0 Å². The Morgan fingerprint density at radius 1 is 1.62 bits per heavy atom. The average molecular weight is 218 g/mol. The van der Waals surface area contributed by atoms with Gasteiger partial charge in [0.2, 0.25) is 5.76 Å². The predicted molar refractivity (Wildman–Crippen MR) is 52.9 cm³/mol. The van der Waals surface area contributed by atoms with Crippen molar-refractivity contribution in [2.24, 2.45) is 0 Å². The molecule has 0 spiro atoms. The molecule has 0 radical (unpaired) electrons. The molecule has 2 aromatic rings. The van der Waals surface area contributed by atoms with E-state index in [1.54, 1.807) is 12.1 Å². The van der Waals surface area contributed by atoms with Crippen molar-refractivity contribution < 1.29 is 4.42 Å². The van der Waals surface area contributed by atoms with Gasteiger partial charge in [-0.05, 0) is 19.1 Å². The first-order chi connectivity index (χ1) is 7.79. The van der Waals surface area contributed by atoms with E-state index in [4.69, 9.17) is 9.68 Å². The Morgan fingerprint density at radius 2 is 2.50 bits per heavy atom. The Bertz CT molecular complexity index is 482. The highest BCUT2D eigenvalue weighted by atomic mass is 16.3. The van der Waals surface area contributed by atoms with Gasteiger partial charge >= 0.3 is 0 Å². The molecular weight excluding hydrogens is 208 g/mol. The Hall–Kier alpha value is -2.20. The zero-order valence-electron chi connectivity index (χ0n) is 8.64. The number of hydrogen-bond acceptors (Lipinski definition) is 6. The third-order valence-electron chi connectivity index (χ3n) is 2.10. The lowest BCUT2D eigenvalue weighted by Crippen LogP contribution is -2.18. The molecule has 82 valence electrons. The van der Waals surface area contributed by atoms with Gasteiger partial charge in [0, 0.05) is 0 Å². The minimum absolute atomic E-state index is 0.0330. The third kappa shape index (κ3) is 2.24. The van der Waals surface area contributed by atoms with Crippen molar-refractivity contribution in [1.29, 1.82) is 5.26 Å². The van der Waals surface area contributed by atoms with E-state index in [2.05, 4.69) is 25.9 Å². The molecule has 0 fully saturated rings. The largest absolute Gasteiger partial charge is 0.449 e. The number of H-pyrrole nitrogens is 1. The number of nitrogens with zero attached hydrogens (tertiary/aromatic N) is 4. The normalized spacial score (nSPS) is 12.2. The van der Waals surface area contributed by atoms with E-state index >= 15 is 0 Å². The summed E-state index contributed by atoms with van der Waals surface area (Å²) in [5.41, 5.74) is 0. The molecule has 1 unspecified atom stereocenters. The maximum absolute atomic E-state index is 8.58. The van der Waals surface area contributed by atoms with Gasteiger partial charge in [0.25, 0.3) is 0 Å². The number of tetrazole rings is 1. The number of nitriles is 1. The van der Waals surface area contributed by atoms with E-state index < -0.39 is 0 Å². The zero-order chi connectivity index (χ0) is 11.4. The first-order valence-corrected chi connectivity index (χ1v) is 4.75. The Morgan fingerprint density at radius 3 is 3.12 bits per heavy atom. The quantitative estimate of drug-likeness (QED) is 0.775. The Balaban J connectivity index is 1.90. The van der Waals surface area contributed by atoms with Gasteiger partial charge in [0.15, 0.2) is 5.82 Å². The van der Waals surface area contributed by atoms with Crippen molar-refractivity contribution in [1.82, 2.24) is 25.9 Å². The van der Waals surface area contributed by atoms with E-state index in [0.29, 0.717) is 23.9 Å². The molecular formula is C9H10N6O. The summed E-state index contributed by atoms with van der Waals surface area (Å²) in [7, 11) is 0. The summed E-state index contributed by atoms with van der Waals surface area (Å²) in [5, 5.41) is 25.3. The van der Waals surface area contributed by atoms with Crippen molar-refractivity contribution in [2.75, 3.05) is 0 Å². The first-order valence-electron chi connectivity index (χ1n) is 4.75. The molecule has 7 heteroatoms. The highest BCUT2D eigenvalue weighted by Gasteiger charge is 2.10. The van der Waals surface area contributed by atoms with Crippen molar-refractivity contribution in [3.63, 3.8) is 0 Å². The number of furan rings is 1.